The highest BCUT2D eigenvalue weighted by Gasteiger charge is 2.17. The number of para-hydroxylation sites is 2. The van der Waals surface area contributed by atoms with Crippen molar-refractivity contribution in [3.8, 4) is 23.0 Å². The van der Waals surface area contributed by atoms with E-state index in [1.807, 2.05) is 6.07 Å². The first-order chi connectivity index (χ1) is 14.5. The van der Waals surface area contributed by atoms with Crippen LogP contribution in [-0.4, -0.2) is 31.3 Å². The molecule has 0 aromatic heterocycles. The highest BCUT2D eigenvalue weighted by molar-refractivity contribution is 6.06. The van der Waals surface area contributed by atoms with Crippen LogP contribution in [0.1, 0.15) is 10.4 Å². The van der Waals surface area contributed by atoms with E-state index in [-0.39, 0.29) is 34.2 Å². The number of urea groups is 1. The van der Waals surface area contributed by atoms with E-state index in [1.165, 1.54) is 26.4 Å². The van der Waals surface area contributed by atoms with Crippen LogP contribution in [0.2, 0.25) is 0 Å². The molecule has 0 aliphatic rings. The summed E-state index contributed by atoms with van der Waals surface area (Å²) in [6, 6.07) is 17.2. The summed E-state index contributed by atoms with van der Waals surface area (Å²) in [4.78, 5) is 25.0. The second kappa shape index (κ2) is 9.33. The average molecular weight is 408 g/mol. The Morgan fingerprint density at radius 3 is 2.13 bits per heavy atom. The zero-order valence-electron chi connectivity index (χ0n) is 16.3. The molecule has 3 aromatic rings. The van der Waals surface area contributed by atoms with E-state index < -0.39 is 12.0 Å². The molecule has 8 nitrogen and oxygen atoms in total. The molecule has 0 spiro atoms. The number of aromatic hydroxyl groups is 1. The third-order valence-corrected chi connectivity index (χ3v) is 4.10. The molecule has 0 saturated heterocycles. The Hall–Kier alpha value is -4.20. The van der Waals surface area contributed by atoms with E-state index in [9.17, 15) is 14.7 Å². The molecule has 0 fully saturated rings. The number of carbonyl (C=O) groups excluding carboxylic acids is 2. The number of amides is 2. The van der Waals surface area contributed by atoms with Gasteiger partial charge >= 0.3 is 12.0 Å². The van der Waals surface area contributed by atoms with Crippen molar-refractivity contribution < 1.29 is 28.9 Å². The lowest BCUT2D eigenvalue weighted by Gasteiger charge is -2.15. The largest absolute Gasteiger partial charge is 0.504 e. The van der Waals surface area contributed by atoms with Crippen molar-refractivity contribution in [2.45, 2.75) is 0 Å². The van der Waals surface area contributed by atoms with E-state index in [1.54, 1.807) is 48.5 Å². The summed E-state index contributed by atoms with van der Waals surface area (Å²) < 4.78 is 15.6. The predicted octanol–water partition coefficient (Wildman–Crippen LogP) is 4.27. The third-order valence-electron chi connectivity index (χ3n) is 4.10. The van der Waals surface area contributed by atoms with Gasteiger partial charge in [-0.05, 0) is 24.3 Å². The monoisotopic (exact) mass is 408 g/mol. The van der Waals surface area contributed by atoms with Gasteiger partial charge in [0.15, 0.2) is 11.5 Å². The maximum Gasteiger partial charge on any atom is 0.345 e. The van der Waals surface area contributed by atoms with Crippen molar-refractivity contribution in [3.05, 3.63) is 72.3 Å². The number of nitrogens with one attached hydrogen (secondary N) is 2. The molecule has 8 heteroatoms. The van der Waals surface area contributed by atoms with Crippen LogP contribution in [0.25, 0.3) is 0 Å². The molecular weight excluding hydrogens is 388 g/mol. The Morgan fingerprint density at radius 2 is 1.43 bits per heavy atom. The minimum Gasteiger partial charge on any atom is -0.504 e. The number of methoxy groups -OCH3 is 2. The van der Waals surface area contributed by atoms with Gasteiger partial charge in [-0.3, -0.25) is 0 Å². The van der Waals surface area contributed by atoms with Gasteiger partial charge in [0.25, 0.3) is 0 Å². The first kappa shape index (κ1) is 20.5. The third kappa shape index (κ3) is 4.79. The maximum absolute atomic E-state index is 12.5. The minimum atomic E-state index is -0.641. The zero-order valence-corrected chi connectivity index (χ0v) is 16.3. The molecule has 0 aliphatic carbocycles. The standard InChI is InChI=1S/C22H20N2O6/c1-28-19-13-20(29-2)18(25)12-17(19)24-22(27)23-16-11-7-6-10-15(16)21(26)30-14-8-4-3-5-9-14/h3-13,25H,1-2H3,(H2,23,24,27). The van der Waals surface area contributed by atoms with E-state index in [0.29, 0.717) is 5.75 Å². The first-order valence-corrected chi connectivity index (χ1v) is 8.91. The molecule has 0 bridgehead atoms. The molecule has 154 valence electrons. The van der Waals surface area contributed by atoms with Gasteiger partial charge in [0.1, 0.15) is 11.5 Å². The highest BCUT2D eigenvalue weighted by Crippen LogP contribution is 2.37. The lowest BCUT2D eigenvalue weighted by molar-refractivity contribution is 0.0736. The topological polar surface area (TPSA) is 106 Å². The molecule has 0 unspecified atom stereocenters. The number of ether oxygens (including phenoxy) is 3. The Morgan fingerprint density at radius 1 is 0.800 bits per heavy atom. The molecule has 0 radical (unpaired) electrons. The average Bonchev–Trinajstić information content (AvgIpc) is 2.75. The predicted molar refractivity (Wildman–Crippen MR) is 112 cm³/mol. The number of carbonyl (C=O) groups is 2. The number of hydrogen-bond donors (Lipinski definition) is 3. The normalized spacial score (nSPS) is 10.1. The first-order valence-electron chi connectivity index (χ1n) is 8.91. The molecule has 3 aromatic carbocycles. The van der Waals surface area contributed by atoms with Crippen LogP contribution >= 0.6 is 0 Å². The van der Waals surface area contributed by atoms with Gasteiger partial charge in [0, 0.05) is 12.1 Å². The number of hydrogen-bond acceptors (Lipinski definition) is 6. The molecule has 2 amide bonds. The smallest absolute Gasteiger partial charge is 0.345 e. The lowest BCUT2D eigenvalue weighted by atomic mass is 10.2. The molecule has 0 heterocycles. The van der Waals surface area contributed by atoms with Crippen molar-refractivity contribution in [1.29, 1.82) is 0 Å². The summed E-state index contributed by atoms with van der Waals surface area (Å²) in [6.07, 6.45) is 0. The fourth-order valence-corrected chi connectivity index (χ4v) is 2.68. The number of phenols is 1. The van der Waals surface area contributed by atoms with Crippen molar-refractivity contribution in [3.63, 3.8) is 0 Å². The van der Waals surface area contributed by atoms with Crippen LogP contribution in [0.5, 0.6) is 23.0 Å². The number of phenolic OH excluding ortho intramolecular Hbond substituents is 1. The Labute approximate surface area is 173 Å². The summed E-state index contributed by atoms with van der Waals surface area (Å²) in [5.41, 5.74) is 0.659. The number of esters is 1. The van der Waals surface area contributed by atoms with Crippen molar-refractivity contribution in [2.24, 2.45) is 0 Å². The van der Waals surface area contributed by atoms with Crippen LogP contribution < -0.4 is 24.8 Å². The van der Waals surface area contributed by atoms with Crippen molar-refractivity contribution >= 4 is 23.4 Å². The number of anilines is 2. The molecule has 0 atom stereocenters. The van der Waals surface area contributed by atoms with Crippen molar-refractivity contribution in [1.82, 2.24) is 0 Å². The number of benzene rings is 3. The molecule has 0 aliphatic heterocycles. The Kier molecular flexibility index (Phi) is 6.39. The SMILES string of the molecule is COc1cc(OC)c(NC(=O)Nc2ccccc2C(=O)Oc2ccccc2)cc1O. The number of rotatable bonds is 6. The fraction of sp³-hybridized carbons (Fsp3) is 0.0909. The van der Waals surface area contributed by atoms with Gasteiger partial charge in [-0.2, -0.15) is 0 Å². The van der Waals surface area contributed by atoms with Gasteiger partial charge in [-0.25, -0.2) is 9.59 Å². The summed E-state index contributed by atoms with van der Waals surface area (Å²) in [5.74, 6) is 0.0980. The van der Waals surface area contributed by atoms with Gasteiger partial charge in [0.2, 0.25) is 0 Å². The quantitative estimate of drug-likeness (QED) is 0.415. The molecule has 30 heavy (non-hydrogen) atoms. The summed E-state index contributed by atoms with van der Waals surface area (Å²) in [5, 5.41) is 15.1. The van der Waals surface area contributed by atoms with Gasteiger partial charge in [-0.1, -0.05) is 30.3 Å². The van der Waals surface area contributed by atoms with Crippen LogP contribution in [0.15, 0.2) is 66.7 Å². The second-order valence-electron chi connectivity index (χ2n) is 6.05. The van der Waals surface area contributed by atoms with E-state index in [2.05, 4.69) is 10.6 Å². The molecule has 3 rings (SSSR count). The molecule has 3 N–H and O–H groups in total. The molecule has 0 saturated carbocycles. The van der Waals surface area contributed by atoms with E-state index in [4.69, 9.17) is 14.2 Å². The highest BCUT2D eigenvalue weighted by atomic mass is 16.5. The fourth-order valence-electron chi connectivity index (χ4n) is 2.68. The summed E-state index contributed by atoms with van der Waals surface area (Å²) in [6.45, 7) is 0. The van der Waals surface area contributed by atoms with E-state index >= 15 is 0 Å². The minimum absolute atomic E-state index is 0.166. The van der Waals surface area contributed by atoms with Crippen molar-refractivity contribution in [2.75, 3.05) is 24.9 Å². The van der Waals surface area contributed by atoms with Gasteiger partial charge < -0.3 is 30.0 Å². The van der Waals surface area contributed by atoms with Crippen LogP contribution in [0.3, 0.4) is 0 Å². The maximum atomic E-state index is 12.5. The van der Waals surface area contributed by atoms with E-state index in [0.717, 1.165) is 0 Å². The Bertz CT molecular complexity index is 1050. The van der Waals surface area contributed by atoms with Gasteiger partial charge in [-0.15, -0.1) is 0 Å². The van der Waals surface area contributed by atoms with Crippen LogP contribution in [0.4, 0.5) is 16.2 Å². The lowest BCUT2D eigenvalue weighted by Crippen LogP contribution is -2.22. The van der Waals surface area contributed by atoms with Crippen LogP contribution in [-0.2, 0) is 0 Å². The van der Waals surface area contributed by atoms with Gasteiger partial charge in [0.05, 0.1) is 31.2 Å². The van der Waals surface area contributed by atoms with Crippen LogP contribution in [0, 0.1) is 0 Å². The summed E-state index contributed by atoms with van der Waals surface area (Å²) >= 11 is 0. The Balaban J connectivity index is 1.76. The summed E-state index contributed by atoms with van der Waals surface area (Å²) in [7, 11) is 2.82. The molecular formula is C22H20N2O6. The zero-order chi connectivity index (χ0) is 21.5. The second-order valence-corrected chi connectivity index (χ2v) is 6.05.